The van der Waals surface area contributed by atoms with Gasteiger partial charge >= 0.3 is 0 Å². The van der Waals surface area contributed by atoms with E-state index < -0.39 is 17.1 Å². The molecule has 2 aromatic rings. The summed E-state index contributed by atoms with van der Waals surface area (Å²) in [6.45, 7) is 0. The molecule has 0 fully saturated rings. The highest BCUT2D eigenvalue weighted by atomic mass is 19.1. The summed E-state index contributed by atoms with van der Waals surface area (Å²) in [7, 11) is 0. The standard InChI is InChI=1S/C23H17FN4O2/c24-13-8-10-14(11-9-13)28-18-6-3-7-19(29)20(18)23(16(12-25)21(28)26)15-4-1-2-5-17(15)27-22(23)30/h1-2,4-5,8-11H,3,6-7,26H2,(H,27,30). The van der Waals surface area contributed by atoms with E-state index in [0.29, 0.717) is 35.5 Å². The summed E-state index contributed by atoms with van der Waals surface area (Å²) >= 11 is 0. The molecule has 1 unspecified atom stereocenters. The number of nitrogens with two attached hydrogens (primary N) is 1. The zero-order valence-electron chi connectivity index (χ0n) is 15.9. The molecule has 3 N–H and O–H groups in total. The highest BCUT2D eigenvalue weighted by molar-refractivity contribution is 6.19. The van der Waals surface area contributed by atoms with Gasteiger partial charge in [0.15, 0.2) is 5.78 Å². The summed E-state index contributed by atoms with van der Waals surface area (Å²) in [5.41, 5.74) is 7.44. The van der Waals surface area contributed by atoms with Crippen molar-refractivity contribution in [2.75, 3.05) is 10.2 Å². The molecule has 3 aliphatic rings. The zero-order chi connectivity index (χ0) is 21.0. The lowest BCUT2D eigenvalue weighted by atomic mass is 9.64. The molecular formula is C23H17FN4O2. The molecule has 5 rings (SSSR count). The maximum absolute atomic E-state index is 13.5. The first kappa shape index (κ1) is 18.1. The first-order chi connectivity index (χ1) is 14.5. The number of benzene rings is 2. The Morgan fingerprint density at radius 1 is 1.10 bits per heavy atom. The van der Waals surface area contributed by atoms with Gasteiger partial charge < -0.3 is 11.1 Å². The third-order valence-electron chi connectivity index (χ3n) is 6.02. The van der Waals surface area contributed by atoms with Crippen LogP contribution in [-0.4, -0.2) is 11.7 Å². The molecule has 0 bridgehead atoms. The molecule has 148 valence electrons. The Hall–Kier alpha value is -3.92. The third kappa shape index (κ3) is 2.16. The number of nitrogens with one attached hydrogen (secondary N) is 1. The van der Waals surface area contributed by atoms with Crippen molar-refractivity contribution in [1.82, 2.24) is 0 Å². The van der Waals surface area contributed by atoms with Gasteiger partial charge in [-0.1, -0.05) is 18.2 Å². The topological polar surface area (TPSA) is 99.2 Å². The Morgan fingerprint density at radius 3 is 2.57 bits per heavy atom. The summed E-state index contributed by atoms with van der Waals surface area (Å²) < 4.78 is 13.5. The average Bonchev–Trinajstić information content (AvgIpc) is 3.02. The number of para-hydroxylation sites is 1. The minimum absolute atomic E-state index is 0.00303. The van der Waals surface area contributed by atoms with Crippen LogP contribution in [0.15, 0.2) is 71.2 Å². The van der Waals surface area contributed by atoms with E-state index in [-0.39, 0.29) is 29.2 Å². The minimum Gasteiger partial charge on any atom is -0.384 e. The molecule has 2 aliphatic heterocycles. The molecule has 0 aromatic heterocycles. The van der Waals surface area contributed by atoms with E-state index in [0.717, 1.165) is 0 Å². The number of nitrogens with zero attached hydrogens (tertiary/aromatic N) is 2. The van der Waals surface area contributed by atoms with Crippen LogP contribution in [0.3, 0.4) is 0 Å². The molecule has 2 aromatic carbocycles. The van der Waals surface area contributed by atoms with Crippen LogP contribution in [0, 0.1) is 17.1 Å². The van der Waals surface area contributed by atoms with Gasteiger partial charge in [-0.15, -0.1) is 0 Å². The second-order valence-corrected chi connectivity index (χ2v) is 7.53. The Balaban J connectivity index is 1.87. The number of halogens is 1. The lowest BCUT2D eigenvalue weighted by Gasteiger charge is -2.43. The molecule has 2 heterocycles. The van der Waals surface area contributed by atoms with Crippen LogP contribution in [0.2, 0.25) is 0 Å². The van der Waals surface area contributed by atoms with E-state index in [2.05, 4.69) is 11.4 Å². The van der Waals surface area contributed by atoms with Crippen LogP contribution >= 0.6 is 0 Å². The molecule has 6 nitrogen and oxygen atoms in total. The lowest BCUT2D eigenvalue weighted by Crippen LogP contribution is -2.50. The summed E-state index contributed by atoms with van der Waals surface area (Å²) in [5, 5.41) is 13.0. The number of nitriles is 1. The van der Waals surface area contributed by atoms with E-state index in [1.165, 1.54) is 12.1 Å². The number of carbonyl (C=O) groups is 2. The number of rotatable bonds is 1. The van der Waals surface area contributed by atoms with Gasteiger partial charge in [0.1, 0.15) is 23.1 Å². The number of Topliss-reactive ketones (excluding diaryl/α,β-unsaturated/α-hetero) is 1. The quantitative estimate of drug-likeness (QED) is 0.766. The fourth-order valence-corrected chi connectivity index (χ4v) is 4.83. The Kier molecular flexibility index (Phi) is 3.80. The van der Waals surface area contributed by atoms with Crippen molar-refractivity contribution in [2.45, 2.75) is 24.7 Å². The van der Waals surface area contributed by atoms with E-state index in [1.54, 1.807) is 41.3 Å². The molecular weight excluding hydrogens is 383 g/mol. The summed E-state index contributed by atoms with van der Waals surface area (Å²) in [6.07, 6.45) is 1.39. The molecule has 1 atom stereocenters. The fourth-order valence-electron chi connectivity index (χ4n) is 4.83. The summed E-state index contributed by atoms with van der Waals surface area (Å²) in [6, 6.07) is 14.8. The molecule has 1 amide bonds. The van der Waals surface area contributed by atoms with Crippen LogP contribution in [0.25, 0.3) is 0 Å². The van der Waals surface area contributed by atoms with Gasteiger partial charge in [-0.2, -0.15) is 5.26 Å². The summed E-state index contributed by atoms with van der Waals surface area (Å²) in [4.78, 5) is 28.3. The highest BCUT2D eigenvalue weighted by Gasteiger charge is 2.59. The Labute approximate surface area is 172 Å². The van der Waals surface area contributed by atoms with Crippen LogP contribution in [-0.2, 0) is 15.0 Å². The van der Waals surface area contributed by atoms with Gasteiger partial charge in [0, 0.05) is 34.6 Å². The van der Waals surface area contributed by atoms with Gasteiger partial charge in [0.2, 0.25) is 5.91 Å². The second-order valence-electron chi connectivity index (χ2n) is 7.53. The number of hydrogen-bond acceptors (Lipinski definition) is 5. The predicted octanol–water partition coefficient (Wildman–Crippen LogP) is 3.24. The first-order valence-corrected chi connectivity index (χ1v) is 9.64. The van der Waals surface area contributed by atoms with Crippen molar-refractivity contribution in [2.24, 2.45) is 5.73 Å². The molecule has 30 heavy (non-hydrogen) atoms. The van der Waals surface area contributed by atoms with Crippen molar-refractivity contribution in [3.63, 3.8) is 0 Å². The molecule has 1 spiro atoms. The van der Waals surface area contributed by atoms with Crippen molar-refractivity contribution in [1.29, 1.82) is 5.26 Å². The number of ketones is 1. The first-order valence-electron chi connectivity index (χ1n) is 9.64. The van der Waals surface area contributed by atoms with Crippen molar-refractivity contribution < 1.29 is 14.0 Å². The molecule has 0 radical (unpaired) electrons. The number of amides is 1. The van der Waals surface area contributed by atoms with E-state index in [1.807, 2.05) is 0 Å². The van der Waals surface area contributed by atoms with Gasteiger partial charge in [0.05, 0.1) is 5.57 Å². The lowest BCUT2D eigenvalue weighted by molar-refractivity contribution is -0.122. The van der Waals surface area contributed by atoms with Gasteiger partial charge in [-0.3, -0.25) is 14.5 Å². The third-order valence-corrected chi connectivity index (χ3v) is 6.02. The number of carbonyl (C=O) groups excluding carboxylic acids is 2. The van der Waals surface area contributed by atoms with Gasteiger partial charge in [-0.25, -0.2) is 4.39 Å². The molecule has 1 aliphatic carbocycles. The number of fused-ring (bicyclic) bond motifs is 3. The average molecular weight is 400 g/mol. The van der Waals surface area contributed by atoms with Gasteiger partial charge in [-0.05, 0) is 43.2 Å². The number of anilines is 2. The predicted molar refractivity (Wildman–Crippen MR) is 108 cm³/mol. The van der Waals surface area contributed by atoms with Crippen LogP contribution in [0.5, 0.6) is 0 Å². The zero-order valence-corrected chi connectivity index (χ0v) is 15.9. The van der Waals surface area contributed by atoms with Crippen LogP contribution in [0.4, 0.5) is 15.8 Å². The molecule has 7 heteroatoms. The van der Waals surface area contributed by atoms with Crippen molar-refractivity contribution in [3.05, 3.63) is 82.6 Å². The van der Waals surface area contributed by atoms with E-state index in [4.69, 9.17) is 5.73 Å². The molecule has 0 saturated carbocycles. The number of hydrogen-bond donors (Lipinski definition) is 2. The van der Waals surface area contributed by atoms with E-state index in [9.17, 15) is 19.2 Å². The van der Waals surface area contributed by atoms with Crippen LogP contribution in [0.1, 0.15) is 24.8 Å². The van der Waals surface area contributed by atoms with Crippen molar-refractivity contribution >= 4 is 23.1 Å². The van der Waals surface area contributed by atoms with Crippen molar-refractivity contribution in [3.8, 4) is 6.07 Å². The number of allylic oxidation sites excluding steroid dienone is 1. The smallest absolute Gasteiger partial charge is 0.245 e. The maximum Gasteiger partial charge on any atom is 0.245 e. The normalized spacial score (nSPS) is 22.7. The Bertz CT molecular complexity index is 1220. The van der Waals surface area contributed by atoms with Gasteiger partial charge in [0.25, 0.3) is 0 Å². The monoisotopic (exact) mass is 400 g/mol. The minimum atomic E-state index is -1.57. The Morgan fingerprint density at radius 2 is 1.83 bits per heavy atom. The van der Waals surface area contributed by atoms with Crippen LogP contribution < -0.4 is 16.0 Å². The highest BCUT2D eigenvalue weighted by Crippen LogP contribution is 2.54. The molecule has 0 saturated heterocycles. The largest absolute Gasteiger partial charge is 0.384 e. The fraction of sp³-hybridized carbons (Fsp3) is 0.174. The SMILES string of the molecule is N#CC1=C(N)N(c2ccc(F)cc2)C2=C(C(=O)CCC2)C12C(=O)Nc1ccccc12. The van der Waals surface area contributed by atoms with E-state index >= 15 is 0 Å². The summed E-state index contributed by atoms with van der Waals surface area (Å²) in [5.74, 6) is -0.974. The second kappa shape index (κ2) is 6.29. The maximum atomic E-state index is 13.5.